The molecule has 1 saturated carbocycles. The van der Waals surface area contributed by atoms with Gasteiger partial charge in [-0.15, -0.1) is 10.2 Å². The maximum Gasteiger partial charge on any atom is 0.265 e. The van der Waals surface area contributed by atoms with Crippen molar-refractivity contribution in [1.82, 2.24) is 19.7 Å². The number of aryl methyl sites for hydroxylation is 1. The molecule has 0 atom stereocenters. The number of carbonyl (C=O) groups excluding carboxylic acids is 1. The minimum atomic E-state index is -0.247. The number of para-hydroxylation sites is 1. The van der Waals surface area contributed by atoms with Crippen molar-refractivity contribution < 1.29 is 4.79 Å². The molecule has 8 heteroatoms. The average Bonchev–Trinajstić information content (AvgIpc) is 3.28. The molecule has 0 unspecified atom stereocenters. The number of nitrogens with zero attached hydrogens (tertiary/aromatic N) is 4. The van der Waals surface area contributed by atoms with Gasteiger partial charge >= 0.3 is 0 Å². The normalized spacial score (nSPS) is 14.5. The van der Waals surface area contributed by atoms with E-state index in [-0.39, 0.29) is 11.5 Å². The van der Waals surface area contributed by atoms with Gasteiger partial charge in [0.1, 0.15) is 10.8 Å². The molecule has 1 aliphatic rings. The zero-order valence-electron chi connectivity index (χ0n) is 17.7. The van der Waals surface area contributed by atoms with E-state index in [4.69, 9.17) is 0 Å². The molecule has 1 amide bonds. The van der Waals surface area contributed by atoms with Gasteiger partial charge in [-0.25, -0.2) is 4.98 Å². The van der Waals surface area contributed by atoms with Gasteiger partial charge in [-0.05, 0) is 56.2 Å². The molecule has 0 spiro atoms. The predicted molar refractivity (Wildman–Crippen MR) is 126 cm³/mol. The highest BCUT2D eigenvalue weighted by molar-refractivity contribution is 7.15. The van der Waals surface area contributed by atoms with E-state index in [0.29, 0.717) is 39.0 Å². The maximum absolute atomic E-state index is 13.0. The molecule has 0 aliphatic heterocycles. The van der Waals surface area contributed by atoms with Gasteiger partial charge in [0, 0.05) is 11.5 Å². The molecule has 1 N–H and O–H groups in total. The minimum Gasteiger partial charge on any atom is -0.296 e. The largest absolute Gasteiger partial charge is 0.296 e. The SMILES string of the molecule is Cc1nc2ccccc2c(=O)n1-c1ccc(C(=O)Nc2nnc(C3CCCCC3)s2)cc1. The van der Waals surface area contributed by atoms with E-state index in [1.807, 2.05) is 18.2 Å². The van der Waals surface area contributed by atoms with Crippen LogP contribution in [-0.4, -0.2) is 25.7 Å². The molecule has 0 bridgehead atoms. The standard InChI is InChI=1S/C24H23N5O2S/c1-15-25-20-10-6-5-9-19(20)23(31)29(15)18-13-11-16(12-14-18)21(30)26-24-28-27-22(32-24)17-7-3-2-4-8-17/h5-6,9-14,17H,2-4,7-8H2,1H3,(H,26,28,30). The topological polar surface area (TPSA) is 89.8 Å². The summed E-state index contributed by atoms with van der Waals surface area (Å²) in [5.41, 5.74) is 1.70. The number of rotatable bonds is 4. The van der Waals surface area contributed by atoms with Crippen molar-refractivity contribution in [3.8, 4) is 5.69 Å². The second-order valence-electron chi connectivity index (χ2n) is 8.10. The quantitative estimate of drug-likeness (QED) is 0.485. The third kappa shape index (κ3) is 3.93. The zero-order valence-corrected chi connectivity index (χ0v) is 18.6. The summed E-state index contributed by atoms with van der Waals surface area (Å²) < 4.78 is 1.56. The number of hydrogen-bond acceptors (Lipinski definition) is 6. The molecule has 5 rings (SSSR count). The van der Waals surface area contributed by atoms with E-state index >= 15 is 0 Å². The van der Waals surface area contributed by atoms with Crippen molar-refractivity contribution >= 4 is 33.3 Å². The molecule has 4 aromatic rings. The number of amides is 1. The Labute approximate surface area is 189 Å². The van der Waals surface area contributed by atoms with Crippen LogP contribution >= 0.6 is 11.3 Å². The van der Waals surface area contributed by atoms with Gasteiger partial charge in [-0.2, -0.15) is 0 Å². The van der Waals surface area contributed by atoms with E-state index in [2.05, 4.69) is 20.5 Å². The number of anilines is 1. The number of hydrogen-bond donors (Lipinski definition) is 1. The van der Waals surface area contributed by atoms with Crippen molar-refractivity contribution in [2.75, 3.05) is 5.32 Å². The molecule has 2 aromatic carbocycles. The summed E-state index contributed by atoms with van der Waals surface area (Å²) >= 11 is 1.46. The molecular weight excluding hydrogens is 422 g/mol. The third-order valence-electron chi connectivity index (χ3n) is 5.95. The number of nitrogens with one attached hydrogen (secondary N) is 1. The zero-order chi connectivity index (χ0) is 22.1. The van der Waals surface area contributed by atoms with E-state index in [9.17, 15) is 9.59 Å². The van der Waals surface area contributed by atoms with Gasteiger partial charge in [-0.1, -0.05) is 42.7 Å². The lowest BCUT2D eigenvalue weighted by atomic mass is 9.90. The Hall–Kier alpha value is -3.39. The van der Waals surface area contributed by atoms with Crippen LogP contribution in [0.1, 0.15) is 59.2 Å². The van der Waals surface area contributed by atoms with Crippen LogP contribution in [0.3, 0.4) is 0 Å². The summed E-state index contributed by atoms with van der Waals surface area (Å²) in [6, 6.07) is 14.2. The Morgan fingerprint density at radius 3 is 2.56 bits per heavy atom. The summed E-state index contributed by atoms with van der Waals surface area (Å²) in [4.78, 5) is 30.2. The maximum atomic E-state index is 13.0. The van der Waals surface area contributed by atoms with Crippen LogP contribution < -0.4 is 10.9 Å². The van der Waals surface area contributed by atoms with Gasteiger partial charge in [0.15, 0.2) is 0 Å². The molecule has 2 heterocycles. The molecule has 0 radical (unpaired) electrons. The number of fused-ring (bicyclic) bond motifs is 1. The van der Waals surface area contributed by atoms with Crippen LogP contribution in [0.15, 0.2) is 53.3 Å². The lowest BCUT2D eigenvalue weighted by Crippen LogP contribution is -2.22. The van der Waals surface area contributed by atoms with E-state index in [1.54, 1.807) is 41.8 Å². The second kappa shape index (κ2) is 8.63. The summed E-state index contributed by atoms with van der Waals surface area (Å²) in [7, 11) is 0. The first kappa shape index (κ1) is 20.5. The highest BCUT2D eigenvalue weighted by Gasteiger charge is 2.20. The molecular formula is C24H23N5O2S. The number of carbonyl (C=O) groups is 1. The molecule has 1 fully saturated rings. The van der Waals surface area contributed by atoms with Gasteiger partial charge in [0.25, 0.3) is 11.5 Å². The van der Waals surface area contributed by atoms with Gasteiger partial charge in [0.05, 0.1) is 16.6 Å². The van der Waals surface area contributed by atoms with E-state index < -0.39 is 0 Å². The Morgan fingerprint density at radius 1 is 1.03 bits per heavy atom. The summed E-state index contributed by atoms with van der Waals surface area (Å²) in [5.74, 6) is 0.807. The summed E-state index contributed by atoms with van der Waals surface area (Å²) in [5, 5.41) is 13.4. The second-order valence-corrected chi connectivity index (χ2v) is 9.11. The van der Waals surface area contributed by atoms with Crippen LogP contribution in [0.2, 0.25) is 0 Å². The number of benzene rings is 2. The van der Waals surface area contributed by atoms with E-state index in [1.165, 1.54) is 30.6 Å². The average molecular weight is 446 g/mol. The molecule has 32 heavy (non-hydrogen) atoms. The van der Waals surface area contributed by atoms with Crippen molar-refractivity contribution in [3.63, 3.8) is 0 Å². The highest BCUT2D eigenvalue weighted by atomic mass is 32.1. The monoisotopic (exact) mass is 445 g/mol. The first-order chi connectivity index (χ1) is 15.6. The summed E-state index contributed by atoms with van der Waals surface area (Å²) in [6.07, 6.45) is 6.04. The van der Waals surface area contributed by atoms with Gasteiger partial charge < -0.3 is 0 Å². The van der Waals surface area contributed by atoms with Gasteiger partial charge in [0.2, 0.25) is 5.13 Å². The first-order valence-electron chi connectivity index (χ1n) is 10.8. The molecule has 1 aliphatic carbocycles. The lowest BCUT2D eigenvalue weighted by Gasteiger charge is -2.18. The van der Waals surface area contributed by atoms with Crippen LogP contribution in [0.25, 0.3) is 16.6 Å². The Balaban J connectivity index is 1.35. The van der Waals surface area contributed by atoms with Crippen LogP contribution in [0, 0.1) is 6.92 Å². The fraction of sp³-hybridized carbons (Fsp3) is 0.292. The fourth-order valence-corrected chi connectivity index (χ4v) is 5.19. The van der Waals surface area contributed by atoms with Crippen molar-refractivity contribution in [3.05, 3.63) is 75.3 Å². The summed E-state index contributed by atoms with van der Waals surface area (Å²) in [6.45, 7) is 1.80. The van der Waals surface area contributed by atoms with Crippen molar-refractivity contribution in [1.29, 1.82) is 0 Å². The molecule has 162 valence electrons. The lowest BCUT2D eigenvalue weighted by molar-refractivity contribution is 0.102. The van der Waals surface area contributed by atoms with Crippen LogP contribution in [-0.2, 0) is 0 Å². The third-order valence-corrected chi connectivity index (χ3v) is 6.95. The molecule has 7 nitrogen and oxygen atoms in total. The highest BCUT2D eigenvalue weighted by Crippen LogP contribution is 2.35. The van der Waals surface area contributed by atoms with Crippen molar-refractivity contribution in [2.24, 2.45) is 0 Å². The van der Waals surface area contributed by atoms with Crippen LogP contribution in [0.4, 0.5) is 5.13 Å². The molecule has 0 saturated heterocycles. The van der Waals surface area contributed by atoms with Gasteiger partial charge in [-0.3, -0.25) is 19.5 Å². The Kier molecular flexibility index (Phi) is 5.53. The number of aromatic nitrogens is 4. The Morgan fingerprint density at radius 2 is 1.78 bits per heavy atom. The Bertz CT molecular complexity index is 1340. The van der Waals surface area contributed by atoms with Crippen LogP contribution in [0.5, 0.6) is 0 Å². The van der Waals surface area contributed by atoms with E-state index in [0.717, 1.165) is 17.8 Å². The first-order valence-corrected chi connectivity index (χ1v) is 11.7. The predicted octanol–water partition coefficient (Wildman–Crippen LogP) is 4.85. The fourth-order valence-electron chi connectivity index (χ4n) is 4.28. The van der Waals surface area contributed by atoms with Crippen molar-refractivity contribution in [2.45, 2.75) is 44.9 Å². The minimum absolute atomic E-state index is 0.130. The molecule has 2 aromatic heterocycles. The smallest absolute Gasteiger partial charge is 0.265 e.